The van der Waals surface area contributed by atoms with Crippen LogP contribution in [-0.4, -0.2) is 25.5 Å². The normalized spacial score (nSPS) is 12.9. The van der Waals surface area contributed by atoms with Crippen LogP contribution in [0.2, 0.25) is 0 Å². The molecule has 0 spiro atoms. The molecule has 0 bridgehead atoms. The van der Waals surface area contributed by atoms with Crippen LogP contribution in [0.4, 0.5) is 0 Å². The Bertz CT molecular complexity index is 942. The van der Waals surface area contributed by atoms with E-state index in [0.29, 0.717) is 16.7 Å². The van der Waals surface area contributed by atoms with Crippen LogP contribution in [-0.2, 0) is 24.2 Å². The highest BCUT2D eigenvalue weighted by molar-refractivity contribution is 7.90. The van der Waals surface area contributed by atoms with Gasteiger partial charge < -0.3 is 9.66 Å². The molecule has 0 saturated carbocycles. The number of aliphatic hydroxyl groups excluding tert-OH is 1. The van der Waals surface area contributed by atoms with Crippen molar-refractivity contribution in [3.8, 4) is 15.4 Å². The van der Waals surface area contributed by atoms with Crippen LogP contribution in [0, 0.1) is 5.92 Å². The van der Waals surface area contributed by atoms with Gasteiger partial charge in [0.05, 0.1) is 12.3 Å². The van der Waals surface area contributed by atoms with E-state index in [9.17, 15) is 9.66 Å². The summed E-state index contributed by atoms with van der Waals surface area (Å²) < 4.78 is 14.3. The second-order valence-corrected chi connectivity index (χ2v) is 10.2. The first-order valence-corrected chi connectivity index (χ1v) is 11.9. The summed E-state index contributed by atoms with van der Waals surface area (Å²) in [6.45, 7) is 8.66. The molecule has 0 fully saturated rings. The van der Waals surface area contributed by atoms with Gasteiger partial charge in [0, 0.05) is 29.1 Å². The third-order valence-corrected chi connectivity index (χ3v) is 6.77. The molecular formula is C22H28N2O2S2. The largest absolute Gasteiger partial charge is 0.612 e. The highest BCUT2D eigenvalue weighted by Gasteiger charge is 2.17. The second-order valence-electron chi connectivity index (χ2n) is 7.78. The summed E-state index contributed by atoms with van der Waals surface area (Å²) in [5.74, 6) is 2.02. The molecule has 1 unspecified atom stereocenters. The predicted molar refractivity (Wildman–Crippen MR) is 118 cm³/mol. The molecule has 0 aliphatic rings. The van der Waals surface area contributed by atoms with Gasteiger partial charge in [-0.3, -0.25) is 4.57 Å². The van der Waals surface area contributed by atoms with Crippen molar-refractivity contribution < 1.29 is 9.66 Å². The fraction of sp³-hybridized carbons (Fsp3) is 0.409. The van der Waals surface area contributed by atoms with Gasteiger partial charge in [-0.05, 0) is 40.7 Å². The molecule has 28 heavy (non-hydrogen) atoms. The number of aliphatic hydroxyl groups is 1. The maximum Gasteiger partial charge on any atom is 0.158 e. The van der Waals surface area contributed by atoms with Gasteiger partial charge in [0.15, 0.2) is 4.90 Å². The number of benzene rings is 1. The van der Waals surface area contributed by atoms with E-state index in [1.165, 1.54) is 0 Å². The highest BCUT2D eigenvalue weighted by atomic mass is 32.2. The van der Waals surface area contributed by atoms with Gasteiger partial charge in [0.25, 0.3) is 0 Å². The Morgan fingerprint density at radius 3 is 2.54 bits per heavy atom. The Morgan fingerprint density at radius 1 is 1.18 bits per heavy atom. The van der Waals surface area contributed by atoms with Crippen molar-refractivity contribution in [2.45, 2.75) is 51.5 Å². The van der Waals surface area contributed by atoms with Gasteiger partial charge >= 0.3 is 0 Å². The van der Waals surface area contributed by atoms with E-state index in [0.717, 1.165) is 38.9 Å². The molecule has 1 aromatic carbocycles. The summed E-state index contributed by atoms with van der Waals surface area (Å²) >= 11 is 0.564. The minimum Gasteiger partial charge on any atom is -0.612 e. The zero-order valence-corrected chi connectivity index (χ0v) is 18.7. The fourth-order valence-corrected chi connectivity index (χ4v) is 4.93. The van der Waals surface area contributed by atoms with E-state index in [-0.39, 0.29) is 6.61 Å². The van der Waals surface area contributed by atoms with Gasteiger partial charge in [-0.2, -0.15) is 0 Å². The lowest BCUT2D eigenvalue weighted by molar-refractivity contribution is 0.278. The molecule has 3 rings (SSSR count). The molecule has 0 saturated heterocycles. The van der Waals surface area contributed by atoms with Crippen molar-refractivity contribution >= 4 is 22.5 Å². The monoisotopic (exact) mass is 416 g/mol. The number of rotatable bonds is 7. The van der Waals surface area contributed by atoms with Crippen molar-refractivity contribution in [1.82, 2.24) is 9.55 Å². The molecule has 2 heterocycles. The fourth-order valence-electron chi connectivity index (χ4n) is 3.13. The van der Waals surface area contributed by atoms with E-state index in [1.807, 2.05) is 18.2 Å². The summed E-state index contributed by atoms with van der Waals surface area (Å²) in [6, 6.07) is 10.0. The van der Waals surface area contributed by atoms with Crippen LogP contribution < -0.4 is 0 Å². The topological polar surface area (TPSA) is 61.1 Å². The van der Waals surface area contributed by atoms with Crippen LogP contribution >= 0.6 is 11.3 Å². The number of nitrogens with zero attached hydrogens (tertiary/aromatic N) is 2. The molecule has 3 aromatic rings. The molecule has 0 aliphatic carbocycles. The second kappa shape index (κ2) is 8.82. The van der Waals surface area contributed by atoms with E-state index in [4.69, 9.17) is 4.98 Å². The maximum atomic E-state index is 12.0. The Kier molecular flexibility index (Phi) is 6.65. The van der Waals surface area contributed by atoms with Crippen molar-refractivity contribution in [3.63, 3.8) is 0 Å². The summed E-state index contributed by atoms with van der Waals surface area (Å²) in [7, 11) is 0. The van der Waals surface area contributed by atoms with Crippen LogP contribution in [0.3, 0.4) is 0 Å². The smallest absolute Gasteiger partial charge is 0.158 e. The quantitative estimate of drug-likeness (QED) is 0.542. The Hall–Kier alpha value is -1.60. The number of aromatic nitrogens is 2. The van der Waals surface area contributed by atoms with Gasteiger partial charge in [0.2, 0.25) is 0 Å². The van der Waals surface area contributed by atoms with E-state index in [1.54, 1.807) is 17.6 Å². The molecular weight excluding hydrogens is 388 g/mol. The average molecular weight is 417 g/mol. The zero-order valence-electron chi connectivity index (χ0n) is 17.1. The first kappa shape index (κ1) is 21.1. The Balaban J connectivity index is 2.00. The number of imidazole rings is 1. The first-order chi connectivity index (χ1) is 13.3. The minimum absolute atomic E-state index is 0.101. The van der Waals surface area contributed by atoms with Crippen LogP contribution in [0.15, 0.2) is 41.4 Å². The molecule has 0 amide bonds. The molecule has 4 nitrogen and oxygen atoms in total. The van der Waals surface area contributed by atoms with Gasteiger partial charge in [-0.1, -0.05) is 39.8 Å². The Labute approximate surface area is 174 Å². The maximum absolute atomic E-state index is 12.0. The molecule has 2 aromatic heterocycles. The lowest BCUT2D eigenvalue weighted by atomic mass is 10.1. The highest BCUT2D eigenvalue weighted by Crippen LogP contribution is 2.34. The van der Waals surface area contributed by atoms with E-state index in [2.05, 4.69) is 50.6 Å². The standard InChI is InChI=1S/C22H28N2O2S2/c1-14(2)10-21-23-18(15(3)4)12-24(21)22-9-8-19(27-22)16-6-7-17(13-25)20(11-16)28(5)26/h6-9,11-12,14-15,25H,10,13H2,1-5H3. The lowest BCUT2D eigenvalue weighted by Crippen LogP contribution is -2.03. The summed E-state index contributed by atoms with van der Waals surface area (Å²) in [5.41, 5.74) is 2.85. The van der Waals surface area contributed by atoms with E-state index < -0.39 is 11.2 Å². The summed E-state index contributed by atoms with van der Waals surface area (Å²) in [5, 5.41) is 10.6. The predicted octanol–water partition coefficient (Wildman–Crippen LogP) is 5.15. The van der Waals surface area contributed by atoms with Crippen LogP contribution in [0.25, 0.3) is 15.4 Å². The molecule has 6 heteroatoms. The molecule has 150 valence electrons. The average Bonchev–Trinajstić information content (AvgIpc) is 3.27. The lowest BCUT2D eigenvalue weighted by Gasteiger charge is -2.10. The third-order valence-electron chi connectivity index (χ3n) is 4.64. The van der Waals surface area contributed by atoms with Gasteiger partial charge in [0.1, 0.15) is 17.1 Å². The van der Waals surface area contributed by atoms with Crippen molar-refractivity contribution in [2.24, 2.45) is 5.92 Å². The first-order valence-electron chi connectivity index (χ1n) is 9.56. The van der Waals surface area contributed by atoms with Crippen LogP contribution in [0.1, 0.15) is 50.7 Å². The number of thiophene rings is 1. The van der Waals surface area contributed by atoms with Crippen molar-refractivity contribution in [3.05, 3.63) is 53.6 Å². The van der Waals surface area contributed by atoms with Crippen LogP contribution in [0.5, 0.6) is 0 Å². The van der Waals surface area contributed by atoms with Gasteiger partial charge in [-0.15, -0.1) is 11.3 Å². The van der Waals surface area contributed by atoms with E-state index >= 15 is 0 Å². The zero-order chi connectivity index (χ0) is 20.4. The molecule has 1 N–H and O–H groups in total. The number of hydrogen-bond donors (Lipinski definition) is 1. The SMILES string of the molecule is CC(C)Cc1nc(C(C)C)cn1-c1ccc(-c2ccc(CO)c([S+](C)[O-])c2)s1. The Morgan fingerprint density at radius 2 is 1.93 bits per heavy atom. The number of hydrogen-bond acceptors (Lipinski definition) is 4. The molecule has 0 radical (unpaired) electrons. The summed E-state index contributed by atoms with van der Waals surface area (Å²) in [6.07, 6.45) is 4.73. The molecule has 0 aliphatic heterocycles. The summed E-state index contributed by atoms with van der Waals surface area (Å²) in [4.78, 5) is 6.68. The van der Waals surface area contributed by atoms with Crippen molar-refractivity contribution in [2.75, 3.05) is 6.26 Å². The minimum atomic E-state index is -1.14. The van der Waals surface area contributed by atoms with Gasteiger partial charge in [-0.25, -0.2) is 4.98 Å². The third kappa shape index (κ3) is 4.51. The van der Waals surface area contributed by atoms with Crippen molar-refractivity contribution in [1.29, 1.82) is 0 Å². The molecule has 1 atom stereocenters.